The molecule has 1 aliphatic rings. The number of anilines is 1. The van der Waals surface area contributed by atoms with Gasteiger partial charge < -0.3 is 16.0 Å². The van der Waals surface area contributed by atoms with E-state index in [1.165, 1.54) is 0 Å². The molecule has 1 unspecified atom stereocenters. The molecule has 0 aromatic heterocycles. The molecule has 1 fully saturated rings. The van der Waals surface area contributed by atoms with Crippen molar-refractivity contribution >= 4 is 11.7 Å². The molecule has 4 nitrogen and oxygen atoms in total. The molecule has 4 heteroatoms. The van der Waals surface area contributed by atoms with Gasteiger partial charge in [0, 0.05) is 24.3 Å². The zero-order chi connectivity index (χ0) is 13.1. The van der Waals surface area contributed by atoms with Crippen LogP contribution in [-0.4, -0.2) is 23.5 Å². The number of amides is 2. The number of benzene rings is 1. The lowest BCUT2D eigenvalue weighted by molar-refractivity contribution is 0.212. The Hall–Kier alpha value is -1.55. The molecule has 0 saturated heterocycles. The average molecular weight is 247 g/mol. The third kappa shape index (κ3) is 3.01. The fraction of sp³-hybridized carbons (Fsp3) is 0.500. The summed E-state index contributed by atoms with van der Waals surface area (Å²) in [5.74, 6) is 0. The molecule has 1 atom stereocenters. The van der Waals surface area contributed by atoms with E-state index in [1.54, 1.807) is 0 Å². The second-order valence-corrected chi connectivity index (χ2v) is 4.86. The van der Waals surface area contributed by atoms with Gasteiger partial charge in [-0.1, -0.05) is 12.1 Å². The van der Waals surface area contributed by atoms with Gasteiger partial charge in [0.05, 0.1) is 0 Å². The summed E-state index contributed by atoms with van der Waals surface area (Å²) in [6.07, 6.45) is 2.26. The van der Waals surface area contributed by atoms with Crippen LogP contribution < -0.4 is 11.1 Å². The smallest absolute Gasteiger partial charge is 0.322 e. The number of rotatable bonds is 4. The zero-order valence-electron chi connectivity index (χ0n) is 11.0. The molecule has 1 aromatic carbocycles. The molecule has 0 radical (unpaired) electrons. The van der Waals surface area contributed by atoms with Crippen molar-refractivity contribution in [2.75, 3.05) is 11.9 Å². The van der Waals surface area contributed by atoms with Gasteiger partial charge in [0.15, 0.2) is 0 Å². The topological polar surface area (TPSA) is 58.4 Å². The predicted molar refractivity (Wildman–Crippen MR) is 73.5 cm³/mol. The van der Waals surface area contributed by atoms with Crippen LogP contribution in [-0.2, 0) is 0 Å². The highest BCUT2D eigenvalue weighted by Gasteiger charge is 2.31. The van der Waals surface area contributed by atoms with Crippen molar-refractivity contribution in [3.63, 3.8) is 0 Å². The van der Waals surface area contributed by atoms with Crippen LogP contribution in [0.2, 0.25) is 0 Å². The monoisotopic (exact) mass is 247 g/mol. The second kappa shape index (κ2) is 5.40. The van der Waals surface area contributed by atoms with Crippen LogP contribution in [0.3, 0.4) is 0 Å². The summed E-state index contributed by atoms with van der Waals surface area (Å²) in [7, 11) is 0. The van der Waals surface area contributed by atoms with E-state index >= 15 is 0 Å². The lowest BCUT2D eigenvalue weighted by atomic mass is 10.1. The van der Waals surface area contributed by atoms with Crippen LogP contribution in [0.5, 0.6) is 0 Å². The van der Waals surface area contributed by atoms with Crippen LogP contribution in [0.1, 0.15) is 38.3 Å². The van der Waals surface area contributed by atoms with E-state index in [2.05, 4.69) is 5.32 Å². The molecule has 1 saturated carbocycles. The van der Waals surface area contributed by atoms with E-state index in [4.69, 9.17) is 5.73 Å². The number of nitrogens with two attached hydrogens (primary N) is 1. The van der Waals surface area contributed by atoms with Gasteiger partial charge >= 0.3 is 6.03 Å². The molecule has 0 spiro atoms. The number of hydrogen-bond acceptors (Lipinski definition) is 2. The van der Waals surface area contributed by atoms with Crippen LogP contribution in [0, 0.1) is 0 Å². The van der Waals surface area contributed by atoms with Crippen molar-refractivity contribution in [1.29, 1.82) is 0 Å². The average Bonchev–Trinajstić information content (AvgIpc) is 3.15. The zero-order valence-corrected chi connectivity index (χ0v) is 11.0. The summed E-state index contributed by atoms with van der Waals surface area (Å²) >= 11 is 0. The third-order valence-electron chi connectivity index (χ3n) is 3.28. The molecule has 2 amide bonds. The lowest BCUT2D eigenvalue weighted by Gasteiger charge is -2.21. The van der Waals surface area contributed by atoms with Crippen molar-refractivity contribution in [2.45, 2.75) is 38.8 Å². The first-order valence-electron chi connectivity index (χ1n) is 6.55. The molecule has 3 N–H and O–H groups in total. The van der Waals surface area contributed by atoms with Crippen molar-refractivity contribution in [2.24, 2.45) is 5.73 Å². The highest BCUT2D eigenvalue weighted by atomic mass is 16.2. The SMILES string of the molecule is CCN(C(=O)Nc1ccc(C(C)N)cc1)C1CC1. The predicted octanol–water partition coefficient (Wildman–Crippen LogP) is 2.72. The molecule has 1 aromatic rings. The molecule has 98 valence electrons. The van der Waals surface area contributed by atoms with Gasteiger partial charge in [0.25, 0.3) is 0 Å². The Labute approximate surface area is 108 Å². The Bertz CT molecular complexity index is 410. The maximum Gasteiger partial charge on any atom is 0.322 e. The highest BCUT2D eigenvalue weighted by Crippen LogP contribution is 2.27. The molecule has 0 bridgehead atoms. The number of carbonyl (C=O) groups is 1. The van der Waals surface area contributed by atoms with Crippen molar-refractivity contribution < 1.29 is 4.79 Å². The van der Waals surface area contributed by atoms with Crippen LogP contribution in [0.15, 0.2) is 24.3 Å². The Morgan fingerprint density at radius 3 is 2.50 bits per heavy atom. The van der Waals surface area contributed by atoms with Crippen LogP contribution in [0.4, 0.5) is 10.5 Å². The number of hydrogen-bond donors (Lipinski definition) is 2. The van der Waals surface area contributed by atoms with Crippen molar-refractivity contribution in [3.8, 4) is 0 Å². The summed E-state index contributed by atoms with van der Waals surface area (Å²) < 4.78 is 0. The van der Waals surface area contributed by atoms with Crippen molar-refractivity contribution in [3.05, 3.63) is 29.8 Å². The van der Waals surface area contributed by atoms with Gasteiger partial charge in [0.1, 0.15) is 0 Å². The molecule has 18 heavy (non-hydrogen) atoms. The summed E-state index contributed by atoms with van der Waals surface area (Å²) in [6, 6.07) is 8.16. The normalized spacial score (nSPS) is 16.2. The Kier molecular flexibility index (Phi) is 3.87. The first-order valence-corrected chi connectivity index (χ1v) is 6.55. The lowest BCUT2D eigenvalue weighted by Crippen LogP contribution is -2.36. The van der Waals surface area contributed by atoms with E-state index in [0.29, 0.717) is 6.04 Å². The Morgan fingerprint density at radius 2 is 2.06 bits per heavy atom. The van der Waals surface area contributed by atoms with E-state index < -0.39 is 0 Å². The fourth-order valence-electron chi connectivity index (χ4n) is 2.02. The van der Waals surface area contributed by atoms with E-state index in [1.807, 2.05) is 43.0 Å². The van der Waals surface area contributed by atoms with Gasteiger partial charge in [-0.2, -0.15) is 0 Å². The quantitative estimate of drug-likeness (QED) is 0.859. The first kappa shape index (κ1) is 12.9. The summed E-state index contributed by atoms with van der Waals surface area (Å²) in [5.41, 5.74) is 7.68. The minimum Gasteiger partial charge on any atom is -0.324 e. The first-order chi connectivity index (χ1) is 8.61. The summed E-state index contributed by atoms with van der Waals surface area (Å²) in [5, 5.41) is 2.93. The summed E-state index contributed by atoms with van der Waals surface area (Å²) in [6.45, 7) is 4.71. The fourth-order valence-corrected chi connectivity index (χ4v) is 2.02. The van der Waals surface area contributed by atoms with Gasteiger partial charge in [-0.3, -0.25) is 0 Å². The van der Waals surface area contributed by atoms with Gasteiger partial charge in [0.2, 0.25) is 0 Å². The van der Waals surface area contributed by atoms with Gasteiger partial charge in [-0.05, 0) is 44.4 Å². The molecular weight excluding hydrogens is 226 g/mol. The molecule has 0 aliphatic heterocycles. The standard InChI is InChI=1S/C14H21N3O/c1-3-17(13-8-9-13)14(18)16-12-6-4-11(5-7-12)10(2)15/h4-7,10,13H,3,8-9,15H2,1-2H3,(H,16,18). The largest absolute Gasteiger partial charge is 0.324 e. The number of urea groups is 1. The van der Waals surface area contributed by atoms with Crippen LogP contribution in [0.25, 0.3) is 0 Å². The maximum atomic E-state index is 12.0. The number of carbonyl (C=O) groups excluding carboxylic acids is 1. The van der Waals surface area contributed by atoms with Gasteiger partial charge in [-0.25, -0.2) is 4.79 Å². The second-order valence-electron chi connectivity index (χ2n) is 4.86. The number of nitrogens with one attached hydrogen (secondary N) is 1. The maximum absolute atomic E-state index is 12.0. The number of nitrogens with zero attached hydrogens (tertiary/aromatic N) is 1. The molecule has 1 aliphatic carbocycles. The Balaban J connectivity index is 1.97. The molecular formula is C14H21N3O. The minimum atomic E-state index is -0.00598. The van der Waals surface area contributed by atoms with E-state index in [9.17, 15) is 4.79 Å². The van der Waals surface area contributed by atoms with E-state index in [-0.39, 0.29) is 12.1 Å². The Morgan fingerprint density at radius 1 is 1.44 bits per heavy atom. The third-order valence-corrected chi connectivity index (χ3v) is 3.28. The van der Waals surface area contributed by atoms with Gasteiger partial charge in [-0.15, -0.1) is 0 Å². The van der Waals surface area contributed by atoms with Crippen LogP contribution >= 0.6 is 0 Å². The van der Waals surface area contributed by atoms with E-state index in [0.717, 1.165) is 30.6 Å². The molecule has 0 heterocycles. The molecule has 2 rings (SSSR count). The highest BCUT2D eigenvalue weighted by molar-refractivity contribution is 5.89. The minimum absolute atomic E-state index is 0.00598. The van der Waals surface area contributed by atoms with Crippen molar-refractivity contribution in [1.82, 2.24) is 4.90 Å². The summed E-state index contributed by atoms with van der Waals surface area (Å²) in [4.78, 5) is 13.9.